The molecule has 0 amide bonds. The fourth-order valence-corrected chi connectivity index (χ4v) is 6.60. The van der Waals surface area contributed by atoms with E-state index in [2.05, 4.69) is 25.9 Å². The van der Waals surface area contributed by atoms with Crippen LogP contribution in [0.4, 0.5) is 5.69 Å². The molecule has 2 N–H and O–H groups in total. The Hall–Kier alpha value is -2.86. The number of nitrogens with zero attached hydrogens (tertiary/aromatic N) is 6. The van der Waals surface area contributed by atoms with Gasteiger partial charge in [-0.15, -0.1) is 10.2 Å². The number of tetrazole rings is 1. The number of anilines is 1. The average Bonchev–Trinajstić information content (AvgIpc) is 3.30. The molecule has 1 heterocycles. The summed E-state index contributed by atoms with van der Waals surface area (Å²) in [7, 11) is -7.97. The molecule has 180 valence electrons. The molecular formula is C19H28N8O4S2. The molecule has 33 heavy (non-hydrogen) atoms. The zero-order valence-electron chi connectivity index (χ0n) is 19.2. The standard InChI is InChI=1S/C19H28N8O4S2/c1-6-26(7-2)32(28,29)16-10-14(5)18(17(11-16)33(30,31)27(8-3)9-4)21-13-15(12-20)19-22-24-25-23-19/h10-11,13,21H,6-9H2,1-5H3,(H,22,23,24,25). The van der Waals surface area contributed by atoms with Crippen LogP contribution in [0.2, 0.25) is 0 Å². The molecule has 0 spiro atoms. The minimum absolute atomic E-state index is 0.00850. The maximum absolute atomic E-state index is 13.5. The van der Waals surface area contributed by atoms with Gasteiger partial charge in [0.25, 0.3) is 0 Å². The van der Waals surface area contributed by atoms with Gasteiger partial charge in [-0.05, 0) is 29.8 Å². The zero-order valence-corrected chi connectivity index (χ0v) is 20.8. The summed E-state index contributed by atoms with van der Waals surface area (Å²) in [5.41, 5.74) is 0.529. The third kappa shape index (κ3) is 5.38. The molecule has 12 nitrogen and oxygen atoms in total. The lowest BCUT2D eigenvalue weighted by Gasteiger charge is -2.24. The number of hydrogen-bond acceptors (Lipinski definition) is 9. The summed E-state index contributed by atoms with van der Waals surface area (Å²) in [6, 6.07) is 4.48. The molecule has 0 atom stereocenters. The fraction of sp³-hybridized carbons (Fsp3) is 0.474. The van der Waals surface area contributed by atoms with E-state index in [-0.39, 0.29) is 53.1 Å². The molecule has 1 aromatic carbocycles. The molecule has 0 aliphatic heterocycles. The Morgan fingerprint density at radius 2 is 1.64 bits per heavy atom. The summed E-state index contributed by atoms with van der Waals surface area (Å²) >= 11 is 0. The van der Waals surface area contributed by atoms with Crippen molar-refractivity contribution in [3.8, 4) is 6.07 Å². The van der Waals surface area contributed by atoms with Gasteiger partial charge < -0.3 is 5.32 Å². The normalized spacial score (nSPS) is 12.8. The van der Waals surface area contributed by atoms with Crippen LogP contribution < -0.4 is 5.32 Å². The predicted octanol–water partition coefficient (Wildman–Crippen LogP) is 1.55. The lowest BCUT2D eigenvalue weighted by Crippen LogP contribution is -2.33. The fourth-order valence-electron chi connectivity index (χ4n) is 3.24. The number of hydrogen-bond donors (Lipinski definition) is 2. The van der Waals surface area contributed by atoms with E-state index in [0.29, 0.717) is 5.56 Å². The number of nitriles is 1. The van der Waals surface area contributed by atoms with E-state index in [4.69, 9.17) is 0 Å². The lowest BCUT2D eigenvalue weighted by molar-refractivity contribution is 0.443. The topological polar surface area (TPSA) is 165 Å². The summed E-state index contributed by atoms with van der Waals surface area (Å²) in [6.45, 7) is 9.30. The second kappa shape index (κ2) is 10.8. The smallest absolute Gasteiger partial charge is 0.245 e. The Morgan fingerprint density at radius 1 is 1.06 bits per heavy atom. The number of benzene rings is 1. The number of rotatable bonds is 11. The molecule has 0 fully saturated rings. The van der Waals surface area contributed by atoms with Crippen molar-refractivity contribution in [2.45, 2.75) is 44.4 Å². The monoisotopic (exact) mass is 496 g/mol. The quantitative estimate of drug-likeness (QED) is 0.439. The Bertz CT molecular complexity index is 1240. The molecular weight excluding hydrogens is 468 g/mol. The van der Waals surface area contributed by atoms with E-state index in [9.17, 15) is 22.1 Å². The summed E-state index contributed by atoms with van der Waals surface area (Å²) in [5, 5.41) is 25.4. The van der Waals surface area contributed by atoms with Gasteiger partial charge in [-0.1, -0.05) is 27.7 Å². The maximum Gasteiger partial charge on any atom is 0.245 e. The minimum atomic E-state index is -4.06. The highest BCUT2D eigenvalue weighted by atomic mass is 32.2. The number of nitrogens with one attached hydrogen (secondary N) is 2. The molecule has 14 heteroatoms. The summed E-state index contributed by atoms with van der Waals surface area (Å²) in [4.78, 5) is -0.332. The molecule has 0 bridgehead atoms. The second-order valence-electron chi connectivity index (χ2n) is 6.84. The van der Waals surface area contributed by atoms with Crippen molar-refractivity contribution < 1.29 is 16.8 Å². The van der Waals surface area contributed by atoms with Crippen molar-refractivity contribution in [1.29, 1.82) is 5.26 Å². The van der Waals surface area contributed by atoms with Gasteiger partial charge in [-0.3, -0.25) is 0 Å². The van der Waals surface area contributed by atoms with Gasteiger partial charge in [-0.2, -0.15) is 19.1 Å². The first-order valence-corrected chi connectivity index (χ1v) is 13.2. The van der Waals surface area contributed by atoms with Crippen molar-refractivity contribution in [3.05, 3.63) is 29.7 Å². The molecule has 0 saturated carbocycles. The maximum atomic E-state index is 13.5. The van der Waals surface area contributed by atoms with E-state index in [1.807, 2.05) is 6.07 Å². The Balaban J connectivity index is 2.76. The number of aromatic amines is 1. The third-order valence-corrected chi connectivity index (χ3v) is 9.11. The van der Waals surface area contributed by atoms with Crippen LogP contribution in [0.1, 0.15) is 39.1 Å². The molecule has 0 aliphatic carbocycles. The SMILES string of the molecule is CCN(CC)S(=O)(=O)c1cc(C)c(NC=C(C#N)c2nn[nH]n2)c(S(=O)(=O)N(CC)CC)c1. The number of H-pyrrole nitrogens is 1. The van der Waals surface area contributed by atoms with E-state index in [1.54, 1.807) is 34.6 Å². The number of allylic oxidation sites excluding steroid dienone is 1. The average molecular weight is 497 g/mol. The van der Waals surface area contributed by atoms with Gasteiger partial charge in [0.1, 0.15) is 16.5 Å². The van der Waals surface area contributed by atoms with Crippen LogP contribution in [-0.4, -0.2) is 72.2 Å². The molecule has 0 saturated heterocycles. The number of aromatic nitrogens is 4. The largest absolute Gasteiger partial charge is 0.359 e. The van der Waals surface area contributed by atoms with Crippen molar-refractivity contribution >= 4 is 31.3 Å². The molecule has 0 unspecified atom stereocenters. The Morgan fingerprint density at radius 3 is 2.12 bits per heavy atom. The van der Waals surface area contributed by atoms with Crippen LogP contribution in [0, 0.1) is 18.3 Å². The highest BCUT2D eigenvalue weighted by Gasteiger charge is 2.30. The summed E-state index contributed by atoms with van der Waals surface area (Å²) < 4.78 is 55.6. The zero-order chi connectivity index (χ0) is 24.8. The van der Waals surface area contributed by atoms with Gasteiger partial charge in [0.05, 0.1) is 10.6 Å². The van der Waals surface area contributed by atoms with Gasteiger partial charge in [0.2, 0.25) is 25.9 Å². The van der Waals surface area contributed by atoms with Crippen LogP contribution in [-0.2, 0) is 20.0 Å². The molecule has 1 aromatic heterocycles. The summed E-state index contributed by atoms with van der Waals surface area (Å²) in [6.07, 6.45) is 1.26. The minimum Gasteiger partial charge on any atom is -0.359 e. The van der Waals surface area contributed by atoms with E-state index >= 15 is 0 Å². The highest BCUT2D eigenvalue weighted by molar-refractivity contribution is 7.90. The van der Waals surface area contributed by atoms with Gasteiger partial charge in [0, 0.05) is 32.4 Å². The van der Waals surface area contributed by atoms with Gasteiger partial charge >= 0.3 is 0 Å². The third-order valence-electron chi connectivity index (χ3n) is 5.01. The predicted molar refractivity (Wildman–Crippen MR) is 123 cm³/mol. The van der Waals surface area contributed by atoms with Crippen molar-refractivity contribution in [1.82, 2.24) is 29.2 Å². The number of sulfonamides is 2. The van der Waals surface area contributed by atoms with Gasteiger partial charge in [0.15, 0.2) is 0 Å². The van der Waals surface area contributed by atoms with Crippen molar-refractivity contribution in [2.75, 3.05) is 31.5 Å². The first kappa shape index (κ1) is 26.4. The number of aryl methyl sites for hydroxylation is 1. The lowest BCUT2D eigenvalue weighted by atomic mass is 10.2. The molecule has 0 aliphatic rings. The Labute approximate surface area is 194 Å². The highest BCUT2D eigenvalue weighted by Crippen LogP contribution is 2.32. The van der Waals surface area contributed by atoms with Crippen molar-refractivity contribution in [2.24, 2.45) is 0 Å². The second-order valence-corrected chi connectivity index (χ2v) is 10.7. The molecule has 2 aromatic rings. The van der Waals surface area contributed by atoms with Crippen molar-refractivity contribution in [3.63, 3.8) is 0 Å². The molecule has 2 rings (SSSR count). The van der Waals surface area contributed by atoms with E-state index in [1.165, 1.54) is 20.9 Å². The van der Waals surface area contributed by atoms with Crippen LogP contribution >= 0.6 is 0 Å². The van der Waals surface area contributed by atoms with Crippen LogP contribution in [0.3, 0.4) is 0 Å². The first-order valence-electron chi connectivity index (χ1n) is 10.3. The van der Waals surface area contributed by atoms with E-state index < -0.39 is 20.0 Å². The Kier molecular flexibility index (Phi) is 8.67. The van der Waals surface area contributed by atoms with E-state index in [0.717, 1.165) is 6.07 Å². The molecule has 0 radical (unpaired) electrons. The van der Waals surface area contributed by atoms with Crippen LogP contribution in [0.15, 0.2) is 28.1 Å². The first-order chi connectivity index (χ1) is 15.6. The van der Waals surface area contributed by atoms with Crippen LogP contribution in [0.25, 0.3) is 5.57 Å². The van der Waals surface area contributed by atoms with Crippen LogP contribution in [0.5, 0.6) is 0 Å². The van der Waals surface area contributed by atoms with Gasteiger partial charge in [-0.25, -0.2) is 16.8 Å². The summed E-state index contributed by atoms with van der Waals surface area (Å²) in [5.74, 6) is 0.0246.